The lowest BCUT2D eigenvalue weighted by molar-refractivity contribution is 0.121. The molecule has 2 aromatic heterocycles. The number of nitrogens with zero attached hydrogens (tertiary/aromatic N) is 3. The largest absolute Gasteiger partial charge is 0.393 e. The molecule has 5 nitrogen and oxygen atoms in total. The van der Waals surface area contributed by atoms with Crippen molar-refractivity contribution < 1.29 is 5.11 Å². The summed E-state index contributed by atoms with van der Waals surface area (Å²) in [4.78, 5) is 8.66. The van der Waals surface area contributed by atoms with Crippen LogP contribution in [0.1, 0.15) is 37.4 Å². The molecule has 0 bridgehead atoms. The molecule has 0 spiro atoms. The minimum Gasteiger partial charge on any atom is -0.393 e. The highest BCUT2D eigenvalue weighted by Gasteiger charge is 2.25. The van der Waals surface area contributed by atoms with Crippen LogP contribution in [0.15, 0.2) is 17.0 Å². The van der Waals surface area contributed by atoms with E-state index >= 15 is 0 Å². The van der Waals surface area contributed by atoms with Gasteiger partial charge in [-0.3, -0.25) is 4.40 Å². The molecule has 0 amide bonds. The van der Waals surface area contributed by atoms with E-state index in [1.807, 2.05) is 10.6 Å². The van der Waals surface area contributed by atoms with Gasteiger partial charge in [0.2, 0.25) is 0 Å². The number of fused-ring (bicyclic) bond motifs is 1. The van der Waals surface area contributed by atoms with Crippen LogP contribution in [0.3, 0.4) is 0 Å². The fourth-order valence-electron chi connectivity index (χ4n) is 2.66. The smallest absolute Gasteiger partial charge is 0.150 e. The van der Waals surface area contributed by atoms with E-state index < -0.39 is 0 Å². The number of hydrogen-bond donors (Lipinski definition) is 2. The Bertz CT molecular complexity index is 575. The summed E-state index contributed by atoms with van der Waals surface area (Å²) >= 11 is 3.45. The number of rotatable bonds is 1. The number of nitrogens with two attached hydrogens (primary N) is 1. The first-order valence-electron chi connectivity index (χ1n) is 6.13. The number of imidazole rings is 1. The summed E-state index contributed by atoms with van der Waals surface area (Å²) in [7, 11) is 0. The highest BCUT2D eigenvalue weighted by molar-refractivity contribution is 9.10. The molecule has 0 aliphatic heterocycles. The van der Waals surface area contributed by atoms with Crippen LogP contribution in [0.25, 0.3) is 5.52 Å². The average Bonchev–Trinajstić information content (AvgIpc) is 2.69. The van der Waals surface area contributed by atoms with Crippen molar-refractivity contribution in [2.24, 2.45) is 0 Å². The van der Waals surface area contributed by atoms with Crippen molar-refractivity contribution >= 4 is 27.3 Å². The van der Waals surface area contributed by atoms with Gasteiger partial charge in [-0.15, -0.1) is 0 Å². The van der Waals surface area contributed by atoms with Crippen molar-refractivity contribution in [1.82, 2.24) is 14.4 Å². The molecule has 2 heterocycles. The van der Waals surface area contributed by atoms with E-state index in [9.17, 15) is 5.11 Å². The normalized spacial score (nSPS) is 24.6. The summed E-state index contributed by atoms with van der Waals surface area (Å²) in [6.07, 6.45) is 7.06. The molecular weight excluding hydrogens is 296 g/mol. The first-order valence-corrected chi connectivity index (χ1v) is 6.92. The van der Waals surface area contributed by atoms with Crippen molar-refractivity contribution in [3.8, 4) is 0 Å². The molecule has 1 aliphatic rings. The molecule has 0 atom stereocenters. The van der Waals surface area contributed by atoms with Crippen LogP contribution in [0.5, 0.6) is 0 Å². The van der Waals surface area contributed by atoms with Gasteiger partial charge in [-0.1, -0.05) is 0 Å². The number of aromatic nitrogens is 3. The highest BCUT2D eigenvalue weighted by Crippen LogP contribution is 2.35. The van der Waals surface area contributed by atoms with Gasteiger partial charge in [0, 0.05) is 18.3 Å². The molecule has 0 unspecified atom stereocenters. The molecule has 2 aromatic rings. The fraction of sp³-hybridized carbons (Fsp3) is 0.500. The molecule has 1 aliphatic carbocycles. The molecule has 3 rings (SSSR count). The maximum atomic E-state index is 9.57. The van der Waals surface area contributed by atoms with Crippen LogP contribution in [-0.2, 0) is 0 Å². The number of hydrogen-bond acceptors (Lipinski definition) is 4. The van der Waals surface area contributed by atoms with E-state index in [0.717, 1.165) is 41.6 Å². The standard InChI is InChI=1S/C12H15BrN4O/c13-10-9-11(14)15-5-6-17(9)12(16-10)7-1-3-8(18)4-2-7/h5-8,18H,1-4H2,(H2,14,15)/t7-,8-. The Morgan fingerprint density at radius 3 is 2.78 bits per heavy atom. The third-order valence-electron chi connectivity index (χ3n) is 3.63. The lowest BCUT2D eigenvalue weighted by Gasteiger charge is -2.24. The van der Waals surface area contributed by atoms with Crippen molar-refractivity contribution in [3.63, 3.8) is 0 Å². The van der Waals surface area contributed by atoms with Crippen molar-refractivity contribution in [1.29, 1.82) is 0 Å². The summed E-state index contributed by atoms with van der Waals surface area (Å²) in [6, 6.07) is 0. The maximum absolute atomic E-state index is 9.57. The lowest BCUT2D eigenvalue weighted by atomic mass is 9.87. The van der Waals surface area contributed by atoms with Crippen LogP contribution in [0.4, 0.5) is 5.82 Å². The predicted molar refractivity (Wildman–Crippen MR) is 72.3 cm³/mol. The Balaban J connectivity index is 2.05. The van der Waals surface area contributed by atoms with Crippen molar-refractivity contribution in [3.05, 3.63) is 22.8 Å². The van der Waals surface area contributed by atoms with E-state index in [2.05, 4.69) is 25.9 Å². The lowest BCUT2D eigenvalue weighted by Crippen LogP contribution is -2.18. The summed E-state index contributed by atoms with van der Waals surface area (Å²) in [5.41, 5.74) is 6.71. The van der Waals surface area contributed by atoms with Gasteiger partial charge in [-0.25, -0.2) is 9.97 Å². The van der Waals surface area contributed by atoms with Gasteiger partial charge in [0.1, 0.15) is 15.9 Å². The predicted octanol–water partition coefficient (Wildman–Crippen LogP) is 2.09. The number of halogens is 1. The SMILES string of the molecule is Nc1nccn2c1c(Br)nc2[C@H]1CC[C@H](O)CC1. The second-order valence-corrected chi connectivity index (χ2v) is 5.55. The molecule has 0 saturated heterocycles. The van der Waals surface area contributed by atoms with Gasteiger partial charge < -0.3 is 10.8 Å². The summed E-state index contributed by atoms with van der Waals surface area (Å²) in [5.74, 6) is 1.88. The Labute approximate surface area is 113 Å². The Morgan fingerprint density at radius 1 is 1.33 bits per heavy atom. The molecule has 6 heteroatoms. The van der Waals surface area contributed by atoms with Crippen LogP contribution in [-0.4, -0.2) is 25.6 Å². The Hall–Kier alpha value is -1.14. The third kappa shape index (κ3) is 1.89. The van der Waals surface area contributed by atoms with E-state index in [-0.39, 0.29) is 6.10 Å². The van der Waals surface area contributed by atoms with E-state index in [4.69, 9.17) is 5.73 Å². The molecule has 1 saturated carbocycles. The molecular formula is C12H15BrN4O. The zero-order valence-corrected chi connectivity index (χ0v) is 11.5. The van der Waals surface area contributed by atoms with Gasteiger partial charge in [-0.2, -0.15) is 0 Å². The van der Waals surface area contributed by atoms with Gasteiger partial charge in [-0.05, 0) is 41.6 Å². The number of aliphatic hydroxyl groups is 1. The first kappa shape index (κ1) is 11.9. The summed E-state index contributed by atoms with van der Waals surface area (Å²) in [6.45, 7) is 0. The quantitative estimate of drug-likeness (QED) is 0.845. The van der Waals surface area contributed by atoms with E-state index in [1.165, 1.54) is 0 Å². The van der Waals surface area contributed by atoms with Crippen LogP contribution in [0.2, 0.25) is 0 Å². The average molecular weight is 311 g/mol. The minimum absolute atomic E-state index is 0.150. The number of nitrogen functional groups attached to an aromatic ring is 1. The highest BCUT2D eigenvalue weighted by atomic mass is 79.9. The Morgan fingerprint density at radius 2 is 2.06 bits per heavy atom. The number of anilines is 1. The fourth-order valence-corrected chi connectivity index (χ4v) is 3.24. The van der Waals surface area contributed by atoms with Crippen molar-refractivity contribution in [2.45, 2.75) is 37.7 Å². The molecule has 0 aromatic carbocycles. The van der Waals surface area contributed by atoms with Gasteiger partial charge in [0.15, 0.2) is 5.82 Å². The molecule has 1 fully saturated rings. The molecule has 3 N–H and O–H groups in total. The number of aliphatic hydroxyl groups excluding tert-OH is 1. The third-order valence-corrected chi connectivity index (χ3v) is 4.18. The van der Waals surface area contributed by atoms with E-state index in [1.54, 1.807) is 6.20 Å². The van der Waals surface area contributed by atoms with Gasteiger partial charge in [0.25, 0.3) is 0 Å². The van der Waals surface area contributed by atoms with Crippen LogP contribution >= 0.6 is 15.9 Å². The second-order valence-electron chi connectivity index (χ2n) is 4.80. The molecule has 0 radical (unpaired) electrons. The monoisotopic (exact) mass is 310 g/mol. The molecule has 96 valence electrons. The summed E-state index contributed by atoms with van der Waals surface area (Å²) in [5, 5.41) is 9.57. The van der Waals surface area contributed by atoms with Crippen LogP contribution in [0, 0.1) is 0 Å². The second kappa shape index (κ2) is 4.51. The topological polar surface area (TPSA) is 76.4 Å². The van der Waals surface area contributed by atoms with Gasteiger partial charge >= 0.3 is 0 Å². The Kier molecular flexibility index (Phi) is 2.99. The van der Waals surface area contributed by atoms with E-state index in [0.29, 0.717) is 11.7 Å². The maximum Gasteiger partial charge on any atom is 0.150 e. The minimum atomic E-state index is -0.150. The van der Waals surface area contributed by atoms with Crippen molar-refractivity contribution in [2.75, 3.05) is 5.73 Å². The molecule has 18 heavy (non-hydrogen) atoms. The first-order chi connectivity index (χ1) is 8.66. The zero-order chi connectivity index (χ0) is 12.7. The zero-order valence-electron chi connectivity index (χ0n) is 9.88. The summed E-state index contributed by atoms with van der Waals surface area (Å²) < 4.78 is 2.75. The van der Waals surface area contributed by atoms with Gasteiger partial charge in [0.05, 0.1) is 6.10 Å². The van der Waals surface area contributed by atoms with Crippen LogP contribution < -0.4 is 5.73 Å².